The van der Waals surface area contributed by atoms with Gasteiger partial charge in [-0.1, -0.05) is 38.1 Å². The molecule has 0 radical (unpaired) electrons. The van der Waals surface area contributed by atoms with E-state index in [9.17, 15) is 0 Å². The summed E-state index contributed by atoms with van der Waals surface area (Å²) in [6.45, 7) is 4.95. The summed E-state index contributed by atoms with van der Waals surface area (Å²) in [7, 11) is 1.65. The number of hydrogen-bond donors (Lipinski definition) is 1. The third-order valence-corrected chi connectivity index (χ3v) is 3.80. The second-order valence-corrected chi connectivity index (χ2v) is 5.49. The molecule has 1 aromatic rings. The molecule has 1 aromatic carbocycles. The van der Waals surface area contributed by atoms with E-state index in [2.05, 4.69) is 13.8 Å². The number of ether oxygens (including phenoxy) is 3. The second kappa shape index (κ2) is 7.59. The highest BCUT2D eigenvalue weighted by atomic mass is 16.7. The second-order valence-electron chi connectivity index (χ2n) is 5.49. The van der Waals surface area contributed by atoms with E-state index in [0.717, 1.165) is 11.3 Å². The first-order valence-electron chi connectivity index (χ1n) is 7.34. The first kappa shape index (κ1) is 16.0. The van der Waals surface area contributed by atoms with Crippen molar-refractivity contribution in [3.63, 3.8) is 0 Å². The van der Waals surface area contributed by atoms with Crippen LogP contribution in [0.4, 0.5) is 0 Å². The molecule has 0 bridgehead atoms. The normalized spacial score (nSPS) is 27.7. The molecule has 1 aliphatic rings. The number of methoxy groups -OCH3 is 1. The van der Waals surface area contributed by atoms with Crippen molar-refractivity contribution in [2.75, 3.05) is 20.3 Å². The van der Waals surface area contributed by atoms with Crippen LogP contribution >= 0.6 is 0 Å². The van der Waals surface area contributed by atoms with Gasteiger partial charge in [-0.05, 0) is 12.1 Å². The van der Waals surface area contributed by atoms with Crippen LogP contribution in [0.2, 0.25) is 0 Å². The Morgan fingerprint density at radius 1 is 1.38 bits per heavy atom. The Balaban J connectivity index is 2.06. The minimum atomic E-state index is -0.345. The predicted molar refractivity (Wildman–Crippen MR) is 81.1 cm³/mol. The molecule has 4 heteroatoms. The zero-order chi connectivity index (χ0) is 15.2. The van der Waals surface area contributed by atoms with Crippen molar-refractivity contribution in [2.24, 2.45) is 11.8 Å². The molecule has 0 aromatic heterocycles. The quantitative estimate of drug-likeness (QED) is 0.848. The molecule has 1 saturated heterocycles. The predicted octanol–water partition coefficient (Wildman–Crippen LogP) is 2.93. The van der Waals surface area contributed by atoms with Crippen LogP contribution in [0.15, 0.2) is 36.4 Å². The monoisotopic (exact) mass is 292 g/mol. The third-order valence-electron chi connectivity index (χ3n) is 3.80. The van der Waals surface area contributed by atoms with Crippen molar-refractivity contribution >= 4 is 0 Å². The number of hydrogen-bond acceptors (Lipinski definition) is 4. The number of aliphatic hydroxyl groups is 1. The van der Waals surface area contributed by atoms with Crippen LogP contribution in [0.25, 0.3) is 0 Å². The molecule has 0 amide bonds. The fourth-order valence-corrected chi connectivity index (χ4v) is 2.61. The Hall–Kier alpha value is -1.36. The molecule has 0 saturated carbocycles. The maximum Gasteiger partial charge on any atom is 0.184 e. The summed E-state index contributed by atoms with van der Waals surface area (Å²) in [5.41, 5.74) is 0.992. The van der Waals surface area contributed by atoms with Gasteiger partial charge < -0.3 is 19.3 Å². The molecule has 1 N–H and O–H groups in total. The van der Waals surface area contributed by atoms with Gasteiger partial charge in [-0.25, -0.2) is 0 Å². The summed E-state index contributed by atoms with van der Waals surface area (Å²) in [5, 5.41) is 8.89. The number of rotatable bonds is 5. The fraction of sp³-hybridized carbons (Fsp3) is 0.529. The summed E-state index contributed by atoms with van der Waals surface area (Å²) in [6, 6.07) is 7.74. The number of aliphatic hydroxyl groups excluding tert-OH is 1. The molecule has 2 rings (SSSR count). The summed E-state index contributed by atoms with van der Waals surface area (Å²) in [5.74, 6) is 1.37. The lowest BCUT2D eigenvalue weighted by atomic mass is 9.92. The number of benzene rings is 1. The summed E-state index contributed by atoms with van der Waals surface area (Å²) >= 11 is 0. The average Bonchev–Trinajstić information content (AvgIpc) is 2.53. The highest BCUT2D eigenvalue weighted by Gasteiger charge is 2.32. The van der Waals surface area contributed by atoms with Crippen LogP contribution in [0.3, 0.4) is 0 Å². The lowest BCUT2D eigenvalue weighted by Gasteiger charge is -2.37. The molecular weight excluding hydrogens is 268 g/mol. The topological polar surface area (TPSA) is 47.9 Å². The van der Waals surface area contributed by atoms with Crippen LogP contribution < -0.4 is 4.74 Å². The van der Waals surface area contributed by atoms with E-state index in [1.165, 1.54) is 0 Å². The largest absolute Gasteiger partial charge is 0.497 e. The van der Waals surface area contributed by atoms with Crippen molar-refractivity contribution in [2.45, 2.75) is 26.2 Å². The average molecular weight is 292 g/mol. The molecular formula is C17H24O4. The van der Waals surface area contributed by atoms with Gasteiger partial charge in [0.25, 0.3) is 0 Å². The van der Waals surface area contributed by atoms with Gasteiger partial charge in [0.15, 0.2) is 6.29 Å². The Bertz CT molecular complexity index is 454. The van der Waals surface area contributed by atoms with Crippen LogP contribution in [-0.4, -0.2) is 31.5 Å². The van der Waals surface area contributed by atoms with Gasteiger partial charge in [0.05, 0.1) is 26.4 Å². The Morgan fingerprint density at radius 3 is 2.71 bits per heavy atom. The first-order chi connectivity index (χ1) is 10.2. The van der Waals surface area contributed by atoms with Crippen molar-refractivity contribution in [1.82, 2.24) is 0 Å². The van der Waals surface area contributed by atoms with E-state index in [1.54, 1.807) is 13.2 Å². The molecule has 0 spiro atoms. The van der Waals surface area contributed by atoms with Gasteiger partial charge >= 0.3 is 0 Å². The third kappa shape index (κ3) is 4.06. The van der Waals surface area contributed by atoms with Crippen molar-refractivity contribution in [1.29, 1.82) is 0 Å². The molecule has 21 heavy (non-hydrogen) atoms. The van der Waals surface area contributed by atoms with Gasteiger partial charge in [0.2, 0.25) is 0 Å². The molecule has 1 fully saturated rings. The lowest BCUT2D eigenvalue weighted by Crippen LogP contribution is -2.38. The van der Waals surface area contributed by atoms with E-state index in [0.29, 0.717) is 12.5 Å². The standard InChI is InChI=1S/C17H24O4/c1-12(5-4-10-18)16-13(2)11-20-17(21-16)14-6-8-15(19-3)9-7-14/h4-9,12-13,16-18H,10-11H2,1-3H3/b5-4+/t12-,13+,16+,17-/m0/s1. The van der Waals surface area contributed by atoms with Gasteiger partial charge in [-0.3, -0.25) is 0 Å². The lowest BCUT2D eigenvalue weighted by molar-refractivity contribution is -0.245. The molecule has 116 valence electrons. The summed E-state index contributed by atoms with van der Waals surface area (Å²) < 4.78 is 17.1. The first-order valence-corrected chi connectivity index (χ1v) is 7.34. The molecule has 0 unspecified atom stereocenters. The maximum atomic E-state index is 8.89. The molecule has 1 heterocycles. The van der Waals surface area contributed by atoms with Crippen LogP contribution in [-0.2, 0) is 9.47 Å². The van der Waals surface area contributed by atoms with E-state index >= 15 is 0 Å². The van der Waals surface area contributed by atoms with Crippen LogP contribution in [0, 0.1) is 11.8 Å². The van der Waals surface area contributed by atoms with Gasteiger partial charge in [-0.2, -0.15) is 0 Å². The van der Waals surface area contributed by atoms with E-state index in [4.69, 9.17) is 19.3 Å². The smallest absolute Gasteiger partial charge is 0.184 e. The highest BCUT2D eigenvalue weighted by Crippen LogP contribution is 2.33. The summed E-state index contributed by atoms with van der Waals surface area (Å²) in [4.78, 5) is 0. The SMILES string of the molecule is COc1ccc([C@H]2OC[C@@H](C)[C@@H]([C@@H](C)/C=C/CO)O2)cc1. The minimum Gasteiger partial charge on any atom is -0.497 e. The van der Waals surface area contributed by atoms with E-state index in [-0.39, 0.29) is 24.9 Å². The fourth-order valence-electron chi connectivity index (χ4n) is 2.61. The van der Waals surface area contributed by atoms with E-state index < -0.39 is 0 Å². The zero-order valence-corrected chi connectivity index (χ0v) is 12.9. The van der Waals surface area contributed by atoms with Crippen molar-refractivity contribution < 1.29 is 19.3 Å². The van der Waals surface area contributed by atoms with Crippen LogP contribution in [0.1, 0.15) is 25.7 Å². The molecule has 4 nitrogen and oxygen atoms in total. The van der Waals surface area contributed by atoms with Gasteiger partial charge in [0, 0.05) is 17.4 Å². The Labute approximate surface area is 126 Å². The minimum absolute atomic E-state index is 0.0594. The molecule has 0 aliphatic carbocycles. The Kier molecular flexibility index (Phi) is 5.79. The van der Waals surface area contributed by atoms with Crippen LogP contribution in [0.5, 0.6) is 5.75 Å². The molecule has 1 aliphatic heterocycles. The summed E-state index contributed by atoms with van der Waals surface area (Å²) in [6.07, 6.45) is 3.49. The van der Waals surface area contributed by atoms with Crippen molar-refractivity contribution in [3.05, 3.63) is 42.0 Å². The van der Waals surface area contributed by atoms with Gasteiger partial charge in [-0.15, -0.1) is 0 Å². The maximum absolute atomic E-state index is 8.89. The zero-order valence-electron chi connectivity index (χ0n) is 12.9. The molecule has 4 atom stereocenters. The van der Waals surface area contributed by atoms with Crippen molar-refractivity contribution in [3.8, 4) is 5.75 Å². The van der Waals surface area contributed by atoms with Gasteiger partial charge in [0.1, 0.15) is 5.75 Å². The Morgan fingerprint density at radius 2 is 2.10 bits per heavy atom. The highest BCUT2D eigenvalue weighted by molar-refractivity contribution is 5.28. The van der Waals surface area contributed by atoms with E-state index in [1.807, 2.05) is 30.3 Å².